The van der Waals surface area contributed by atoms with Crippen LogP contribution >= 0.6 is 0 Å². The number of ether oxygens (including phenoxy) is 1. The van der Waals surface area contributed by atoms with Gasteiger partial charge in [0, 0.05) is 12.4 Å². The van der Waals surface area contributed by atoms with Crippen molar-refractivity contribution in [3.63, 3.8) is 0 Å². The van der Waals surface area contributed by atoms with Crippen molar-refractivity contribution in [2.75, 3.05) is 7.11 Å². The number of methoxy groups -OCH3 is 1. The third kappa shape index (κ3) is 1.93. The van der Waals surface area contributed by atoms with Crippen LogP contribution in [0.4, 0.5) is 0 Å². The fraction of sp³-hybridized carbons (Fsp3) is 0.214. The van der Waals surface area contributed by atoms with Crippen molar-refractivity contribution in [2.45, 2.75) is 13.0 Å². The summed E-state index contributed by atoms with van der Waals surface area (Å²) in [7, 11) is 1.64. The summed E-state index contributed by atoms with van der Waals surface area (Å²) in [6, 6.07) is 7.51. The molecule has 2 N–H and O–H groups in total. The van der Waals surface area contributed by atoms with Crippen LogP contribution < -0.4 is 15.4 Å². The first kappa shape index (κ1) is 11.6. The average Bonchev–Trinajstić information content (AvgIpc) is 2.74. The fourth-order valence-corrected chi connectivity index (χ4v) is 2.17. The quantitative estimate of drug-likeness (QED) is 0.836. The van der Waals surface area contributed by atoms with Crippen LogP contribution in [0.5, 0.6) is 5.75 Å². The number of nitrogens with one attached hydrogen (secondary N) is 2. The lowest BCUT2D eigenvalue weighted by Crippen LogP contribution is -2.27. The number of carbonyl (C=O) groups is 1. The predicted octanol–water partition coefficient (Wildman–Crippen LogP) is 1.22. The van der Waals surface area contributed by atoms with Gasteiger partial charge in [-0.05, 0) is 36.8 Å². The standard InChI is InChI=1S/C14H15N3O2/c1-9-14(18)17-8-12(15-7-13(17)16-9)10-3-5-11(19-2)6-4-10/h3-9,15-16H,1-2H3. The summed E-state index contributed by atoms with van der Waals surface area (Å²) in [6.07, 6.45) is 3.62. The second-order valence-electron chi connectivity index (χ2n) is 4.52. The van der Waals surface area contributed by atoms with Gasteiger partial charge in [-0.3, -0.25) is 9.69 Å². The zero-order valence-electron chi connectivity index (χ0n) is 10.8. The van der Waals surface area contributed by atoms with Crippen LogP contribution in [-0.2, 0) is 4.79 Å². The molecule has 0 aliphatic carbocycles. The smallest absolute Gasteiger partial charge is 0.254 e. The van der Waals surface area contributed by atoms with Gasteiger partial charge >= 0.3 is 0 Å². The van der Waals surface area contributed by atoms with E-state index in [0.29, 0.717) is 0 Å². The molecule has 98 valence electrons. The molecule has 2 heterocycles. The first-order chi connectivity index (χ1) is 9.19. The maximum atomic E-state index is 11.9. The van der Waals surface area contributed by atoms with E-state index >= 15 is 0 Å². The van der Waals surface area contributed by atoms with E-state index in [1.54, 1.807) is 18.2 Å². The molecule has 1 aromatic rings. The second kappa shape index (κ2) is 4.35. The Morgan fingerprint density at radius 2 is 2.00 bits per heavy atom. The van der Waals surface area contributed by atoms with E-state index in [-0.39, 0.29) is 11.9 Å². The maximum Gasteiger partial charge on any atom is 0.254 e. The van der Waals surface area contributed by atoms with Crippen LogP contribution in [-0.4, -0.2) is 24.0 Å². The lowest BCUT2D eigenvalue weighted by molar-refractivity contribution is -0.125. The summed E-state index contributed by atoms with van der Waals surface area (Å²) >= 11 is 0. The Labute approximate surface area is 111 Å². The van der Waals surface area contributed by atoms with Crippen molar-refractivity contribution in [3.8, 4) is 5.75 Å². The summed E-state index contributed by atoms with van der Waals surface area (Å²) in [4.78, 5) is 13.6. The third-order valence-corrected chi connectivity index (χ3v) is 3.26. The molecule has 0 bridgehead atoms. The third-order valence-electron chi connectivity index (χ3n) is 3.26. The Balaban J connectivity index is 1.88. The van der Waals surface area contributed by atoms with Crippen molar-refractivity contribution in [1.29, 1.82) is 0 Å². The zero-order chi connectivity index (χ0) is 13.4. The lowest BCUT2D eigenvalue weighted by Gasteiger charge is -2.20. The molecule has 1 atom stereocenters. The van der Waals surface area contributed by atoms with E-state index in [2.05, 4.69) is 10.6 Å². The number of carbonyl (C=O) groups excluding carboxylic acids is 1. The van der Waals surface area contributed by atoms with Crippen molar-refractivity contribution >= 4 is 11.6 Å². The van der Waals surface area contributed by atoms with Gasteiger partial charge < -0.3 is 15.4 Å². The molecule has 1 saturated heterocycles. The van der Waals surface area contributed by atoms with E-state index in [1.165, 1.54) is 0 Å². The number of fused-ring (bicyclic) bond motifs is 1. The minimum Gasteiger partial charge on any atom is -0.497 e. The topological polar surface area (TPSA) is 53.6 Å². The highest BCUT2D eigenvalue weighted by Crippen LogP contribution is 2.24. The molecule has 1 fully saturated rings. The van der Waals surface area contributed by atoms with Gasteiger partial charge in [0.15, 0.2) is 0 Å². The molecule has 1 amide bonds. The van der Waals surface area contributed by atoms with Crippen molar-refractivity contribution < 1.29 is 9.53 Å². The Hall–Kier alpha value is -2.43. The summed E-state index contributed by atoms with van der Waals surface area (Å²) in [5, 5.41) is 6.29. The first-order valence-electron chi connectivity index (χ1n) is 6.11. The molecule has 0 spiro atoms. The molecule has 5 heteroatoms. The van der Waals surface area contributed by atoms with Crippen molar-refractivity contribution in [1.82, 2.24) is 15.5 Å². The molecule has 2 aliphatic rings. The Morgan fingerprint density at radius 3 is 2.68 bits per heavy atom. The SMILES string of the molecule is COc1ccc(C2=CN3C(=O)C(C)NC3=CN2)cc1. The number of rotatable bonds is 2. The Morgan fingerprint density at radius 1 is 1.26 bits per heavy atom. The van der Waals surface area contributed by atoms with Gasteiger partial charge in [0.05, 0.1) is 12.8 Å². The van der Waals surface area contributed by atoms with E-state index in [1.807, 2.05) is 37.4 Å². The zero-order valence-corrected chi connectivity index (χ0v) is 10.8. The van der Waals surface area contributed by atoms with E-state index in [4.69, 9.17) is 4.74 Å². The van der Waals surface area contributed by atoms with Crippen LogP contribution in [0, 0.1) is 0 Å². The predicted molar refractivity (Wildman–Crippen MR) is 71.6 cm³/mol. The van der Waals surface area contributed by atoms with E-state index in [9.17, 15) is 4.79 Å². The van der Waals surface area contributed by atoms with Gasteiger partial charge in [-0.1, -0.05) is 0 Å². The normalized spacial score (nSPS) is 21.1. The van der Waals surface area contributed by atoms with Crippen LogP contribution in [0.3, 0.4) is 0 Å². The van der Waals surface area contributed by atoms with Gasteiger partial charge in [0.1, 0.15) is 17.6 Å². The summed E-state index contributed by atoms with van der Waals surface area (Å²) in [5.41, 5.74) is 1.89. The molecule has 19 heavy (non-hydrogen) atoms. The molecule has 1 unspecified atom stereocenters. The van der Waals surface area contributed by atoms with Crippen LogP contribution in [0.2, 0.25) is 0 Å². The molecular weight excluding hydrogens is 242 g/mol. The summed E-state index contributed by atoms with van der Waals surface area (Å²) in [6.45, 7) is 1.85. The molecule has 0 aromatic heterocycles. The fourth-order valence-electron chi connectivity index (χ4n) is 2.17. The molecule has 5 nitrogen and oxygen atoms in total. The minimum atomic E-state index is -0.181. The largest absolute Gasteiger partial charge is 0.497 e. The van der Waals surface area contributed by atoms with Gasteiger partial charge in [0.25, 0.3) is 5.91 Å². The van der Waals surface area contributed by atoms with Crippen LogP contribution in [0.15, 0.2) is 42.5 Å². The van der Waals surface area contributed by atoms with E-state index in [0.717, 1.165) is 22.8 Å². The van der Waals surface area contributed by atoms with Crippen LogP contribution in [0.25, 0.3) is 5.70 Å². The maximum absolute atomic E-state index is 11.9. The van der Waals surface area contributed by atoms with Gasteiger partial charge in [0.2, 0.25) is 0 Å². The molecule has 0 radical (unpaired) electrons. The molecular formula is C14H15N3O2. The van der Waals surface area contributed by atoms with Gasteiger partial charge in [-0.15, -0.1) is 0 Å². The number of benzene rings is 1. The van der Waals surface area contributed by atoms with Gasteiger partial charge in [-0.2, -0.15) is 0 Å². The molecule has 0 saturated carbocycles. The number of hydrogen-bond donors (Lipinski definition) is 2. The minimum absolute atomic E-state index is 0.0544. The monoisotopic (exact) mass is 257 g/mol. The highest BCUT2D eigenvalue weighted by molar-refractivity contribution is 5.89. The molecule has 1 aromatic carbocycles. The highest BCUT2D eigenvalue weighted by atomic mass is 16.5. The number of amides is 1. The van der Waals surface area contributed by atoms with Gasteiger partial charge in [-0.25, -0.2) is 0 Å². The highest BCUT2D eigenvalue weighted by Gasteiger charge is 2.32. The first-order valence-corrected chi connectivity index (χ1v) is 6.11. The average molecular weight is 257 g/mol. The Bertz CT molecular complexity index is 575. The van der Waals surface area contributed by atoms with Crippen LogP contribution in [0.1, 0.15) is 12.5 Å². The van der Waals surface area contributed by atoms with Crippen molar-refractivity contribution in [3.05, 3.63) is 48.0 Å². The summed E-state index contributed by atoms with van der Waals surface area (Å²) < 4.78 is 5.13. The second-order valence-corrected chi connectivity index (χ2v) is 4.52. The summed E-state index contributed by atoms with van der Waals surface area (Å²) in [5.74, 6) is 1.65. The number of nitrogens with zero attached hydrogens (tertiary/aromatic N) is 1. The van der Waals surface area contributed by atoms with Crippen molar-refractivity contribution in [2.24, 2.45) is 0 Å². The number of hydrogen-bond acceptors (Lipinski definition) is 4. The Kier molecular flexibility index (Phi) is 2.67. The lowest BCUT2D eigenvalue weighted by atomic mass is 10.1. The van der Waals surface area contributed by atoms with E-state index < -0.39 is 0 Å². The molecule has 2 aliphatic heterocycles. The molecule has 3 rings (SSSR count).